The van der Waals surface area contributed by atoms with E-state index in [0.29, 0.717) is 5.69 Å². The second-order valence-electron chi connectivity index (χ2n) is 4.31. The molecule has 0 unspecified atom stereocenters. The molecule has 0 atom stereocenters. The van der Waals surface area contributed by atoms with Crippen molar-refractivity contribution in [3.05, 3.63) is 24.0 Å². The van der Waals surface area contributed by atoms with Crippen LogP contribution in [0.25, 0.3) is 0 Å². The normalized spacial score (nSPS) is 10.2. The van der Waals surface area contributed by atoms with Crippen LogP contribution in [0.5, 0.6) is 0 Å². The molecule has 0 saturated carbocycles. The number of hydrogen-bond donors (Lipinski definition) is 2. The number of nitrogens with zero attached hydrogens (tertiary/aromatic N) is 1. The fraction of sp³-hybridized carbons (Fsp3) is 0.571. The molecule has 0 fully saturated rings. The molecule has 1 amide bonds. The van der Waals surface area contributed by atoms with Crippen molar-refractivity contribution in [3.8, 4) is 0 Å². The minimum atomic E-state index is -0.0915. The van der Waals surface area contributed by atoms with Gasteiger partial charge in [-0.3, -0.25) is 4.79 Å². The van der Waals surface area contributed by atoms with Gasteiger partial charge in [-0.2, -0.15) is 11.8 Å². The fourth-order valence-electron chi connectivity index (χ4n) is 1.57. The molecular formula is C14H23N3OS. The van der Waals surface area contributed by atoms with Crippen LogP contribution in [0, 0.1) is 0 Å². The number of rotatable bonds is 9. The fourth-order valence-corrected chi connectivity index (χ4v) is 2.06. The SMILES string of the molecule is CCCNc1ccc(C(=O)NCCCCSC)nc1. The zero-order valence-corrected chi connectivity index (χ0v) is 12.6. The summed E-state index contributed by atoms with van der Waals surface area (Å²) in [5.74, 6) is 1.05. The smallest absolute Gasteiger partial charge is 0.269 e. The van der Waals surface area contributed by atoms with Crippen molar-refractivity contribution in [2.24, 2.45) is 0 Å². The molecule has 2 N–H and O–H groups in total. The number of hydrogen-bond acceptors (Lipinski definition) is 4. The predicted molar refractivity (Wildman–Crippen MR) is 83.0 cm³/mol. The number of nitrogens with one attached hydrogen (secondary N) is 2. The van der Waals surface area contributed by atoms with E-state index in [2.05, 4.69) is 28.8 Å². The number of amides is 1. The average Bonchev–Trinajstić information content (AvgIpc) is 2.45. The third-order valence-electron chi connectivity index (χ3n) is 2.64. The van der Waals surface area contributed by atoms with E-state index >= 15 is 0 Å². The number of pyridine rings is 1. The number of carbonyl (C=O) groups excluding carboxylic acids is 1. The van der Waals surface area contributed by atoms with Crippen LogP contribution in [-0.4, -0.2) is 36.0 Å². The summed E-state index contributed by atoms with van der Waals surface area (Å²) in [7, 11) is 0. The van der Waals surface area contributed by atoms with Gasteiger partial charge in [-0.05, 0) is 43.4 Å². The minimum absolute atomic E-state index is 0.0915. The molecule has 0 aliphatic carbocycles. The number of carbonyl (C=O) groups is 1. The largest absolute Gasteiger partial charge is 0.384 e. The van der Waals surface area contributed by atoms with Gasteiger partial charge in [0, 0.05) is 13.1 Å². The molecule has 19 heavy (non-hydrogen) atoms. The predicted octanol–water partition coefficient (Wildman–Crippen LogP) is 2.78. The van der Waals surface area contributed by atoms with Crippen LogP contribution in [-0.2, 0) is 0 Å². The zero-order valence-electron chi connectivity index (χ0n) is 11.7. The highest BCUT2D eigenvalue weighted by atomic mass is 32.2. The second-order valence-corrected chi connectivity index (χ2v) is 5.30. The Hall–Kier alpha value is -1.23. The summed E-state index contributed by atoms with van der Waals surface area (Å²) >= 11 is 1.83. The van der Waals surface area contributed by atoms with E-state index in [0.717, 1.165) is 43.8 Å². The Balaban J connectivity index is 2.32. The number of anilines is 1. The highest BCUT2D eigenvalue weighted by Gasteiger charge is 2.05. The minimum Gasteiger partial charge on any atom is -0.384 e. The van der Waals surface area contributed by atoms with Gasteiger partial charge in [0.25, 0.3) is 5.91 Å². The van der Waals surface area contributed by atoms with Crippen LogP contribution in [0.4, 0.5) is 5.69 Å². The Morgan fingerprint density at radius 1 is 1.32 bits per heavy atom. The standard InChI is InChI=1S/C14H23N3OS/c1-3-8-15-12-6-7-13(17-11-12)14(18)16-9-4-5-10-19-2/h6-7,11,15H,3-5,8-10H2,1-2H3,(H,16,18). The maximum absolute atomic E-state index is 11.8. The molecular weight excluding hydrogens is 258 g/mol. The molecule has 106 valence electrons. The first kappa shape index (κ1) is 15.8. The number of unbranched alkanes of at least 4 members (excludes halogenated alkanes) is 1. The lowest BCUT2D eigenvalue weighted by Gasteiger charge is -2.06. The second kappa shape index (κ2) is 9.67. The summed E-state index contributed by atoms with van der Waals surface area (Å²) in [4.78, 5) is 16.0. The van der Waals surface area contributed by atoms with Crippen LogP contribution in [0.15, 0.2) is 18.3 Å². The lowest BCUT2D eigenvalue weighted by Crippen LogP contribution is -2.25. The first-order valence-corrected chi connectivity index (χ1v) is 8.14. The van der Waals surface area contributed by atoms with Crippen molar-refractivity contribution in [2.45, 2.75) is 26.2 Å². The molecule has 1 heterocycles. The first-order chi connectivity index (χ1) is 9.27. The van der Waals surface area contributed by atoms with E-state index in [4.69, 9.17) is 0 Å². The molecule has 1 aromatic rings. The van der Waals surface area contributed by atoms with Crippen LogP contribution < -0.4 is 10.6 Å². The molecule has 0 radical (unpaired) electrons. The molecule has 1 rings (SSSR count). The maximum atomic E-state index is 11.8. The summed E-state index contributed by atoms with van der Waals surface area (Å²) in [6.45, 7) is 3.75. The topological polar surface area (TPSA) is 54.0 Å². The van der Waals surface area contributed by atoms with E-state index in [1.807, 2.05) is 17.8 Å². The van der Waals surface area contributed by atoms with E-state index in [1.165, 1.54) is 0 Å². The Kier molecular flexibility index (Phi) is 8.05. The van der Waals surface area contributed by atoms with Crippen LogP contribution in [0.1, 0.15) is 36.7 Å². The number of aromatic nitrogens is 1. The van der Waals surface area contributed by atoms with Crippen LogP contribution in [0.3, 0.4) is 0 Å². The van der Waals surface area contributed by atoms with Crippen molar-refractivity contribution in [1.82, 2.24) is 10.3 Å². The van der Waals surface area contributed by atoms with Gasteiger partial charge in [0.1, 0.15) is 5.69 Å². The van der Waals surface area contributed by atoms with Gasteiger partial charge >= 0.3 is 0 Å². The van der Waals surface area contributed by atoms with Crippen molar-refractivity contribution < 1.29 is 4.79 Å². The lowest BCUT2D eigenvalue weighted by atomic mass is 10.3. The molecule has 5 heteroatoms. The van der Waals surface area contributed by atoms with Gasteiger partial charge in [-0.25, -0.2) is 4.98 Å². The molecule has 0 spiro atoms. The summed E-state index contributed by atoms with van der Waals surface area (Å²) in [5.41, 5.74) is 1.44. The molecule has 0 saturated heterocycles. The Labute approximate surface area is 119 Å². The molecule has 0 aromatic carbocycles. The monoisotopic (exact) mass is 281 g/mol. The van der Waals surface area contributed by atoms with Crippen LogP contribution in [0.2, 0.25) is 0 Å². The van der Waals surface area contributed by atoms with E-state index in [9.17, 15) is 4.79 Å². The van der Waals surface area contributed by atoms with E-state index in [-0.39, 0.29) is 5.91 Å². The quantitative estimate of drug-likeness (QED) is 0.683. The van der Waals surface area contributed by atoms with E-state index < -0.39 is 0 Å². The van der Waals surface area contributed by atoms with E-state index in [1.54, 1.807) is 12.3 Å². The third kappa shape index (κ3) is 6.47. The molecule has 0 aliphatic rings. The lowest BCUT2D eigenvalue weighted by molar-refractivity contribution is 0.0948. The zero-order chi connectivity index (χ0) is 13.9. The van der Waals surface area contributed by atoms with Crippen LogP contribution >= 0.6 is 11.8 Å². The van der Waals surface area contributed by atoms with Gasteiger partial charge in [0.05, 0.1) is 11.9 Å². The molecule has 1 aromatic heterocycles. The van der Waals surface area contributed by atoms with Crippen molar-refractivity contribution in [2.75, 3.05) is 30.4 Å². The average molecular weight is 281 g/mol. The highest BCUT2D eigenvalue weighted by Crippen LogP contribution is 2.06. The molecule has 0 bridgehead atoms. The highest BCUT2D eigenvalue weighted by molar-refractivity contribution is 7.98. The summed E-state index contributed by atoms with van der Waals surface area (Å²) in [5, 5.41) is 6.12. The first-order valence-electron chi connectivity index (χ1n) is 6.75. The van der Waals surface area contributed by atoms with Gasteiger partial charge in [0.2, 0.25) is 0 Å². The van der Waals surface area contributed by atoms with Gasteiger partial charge < -0.3 is 10.6 Å². The Bertz CT molecular complexity index is 367. The van der Waals surface area contributed by atoms with Crippen molar-refractivity contribution in [3.63, 3.8) is 0 Å². The molecule has 0 aliphatic heterocycles. The summed E-state index contributed by atoms with van der Waals surface area (Å²) in [6, 6.07) is 3.65. The maximum Gasteiger partial charge on any atom is 0.269 e. The summed E-state index contributed by atoms with van der Waals surface area (Å²) in [6.07, 6.45) is 7.02. The third-order valence-corrected chi connectivity index (χ3v) is 3.33. The van der Waals surface area contributed by atoms with Gasteiger partial charge in [0.15, 0.2) is 0 Å². The van der Waals surface area contributed by atoms with Crippen molar-refractivity contribution in [1.29, 1.82) is 0 Å². The Morgan fingerprint density at radius 2 is 2.16 bits per heavy atom. The Morgan fingerprint density at radius 3 is 2.79 bits per heavy atom. The van der Waals surface area contributed by atoms with Gasteiger partial charge in [-0.1, -0.05) is 6.92 Å². The molecule has 4 nitrogen and oxygen atoms in total. The van der Waals surface area contributed by atoms with Crippen molar-refractivity contribution >= 4 is 23.4 Å². The summed E-state index contributed by atoms with van der Waals surface area (Å²) < 4.78 is 0. The number of thioether (sulfide) groups is 1. The van der Waals surface area contributed by atoms with Gasteiger partial charge in [-0.15, -0.1) is 0 Å².